The van der Waals surface area contributed by atoms with Gasteiger partial charge >= 0.3 is 5.69 Å². The van der Waals surface area contributed by atoms with Crippen LogP contribution in [0.1, 0.15) is 5.56 Å². The van der Waals surface area contributed by atoms with E-state index in [2.05, 4.69) is 9.71 Å². The molecule has 3 aromatic rings. The number of nitro groups is 1. The molecule has 1 N–H and O–H groups in total. The zero-order valence-electron chi connectivity index (χ0n) is 12.9. The Morgan fingerprint density at radius 3 is 2.46 bits per heavy atom. The number of hydrogen-bond acceptors (Lipinski definition) is 5. The fourth-order valence-corrected chi connectivity index (χ4v) is 3.44. The van der Waals surface area contributed by atoms with Gasteiger partial charge in [0.15, 0.2) is 5.52 Å². The van der Waals surface area contributed by atoms with Gasteiger partial charge in [0.2, 0.25) is 0 Å². The fourth-order valence-electron chi connectivity index (χ4n) is 2.38. The van der Waals surface area contributed by atoms with E-state index in [1.165, 1.54) is 24.5 Å². The van der Waals surface area contributed by atoms with Gasteiger partial charge in [0.1, 0.15) is 5.69 Å². The lowest BCUT2D eigenvalue weighted by Gasteiger charge is -2.09. The Kier molecular flexibility index (Phi) is 3.72. The average molecular weight is 346 g/mol. The van der Waals surface area contributed by atoms with E-state index in [4.69, 9.17) is 0 Å². The normalized spacial score (nSPS) is 11.6. The number of nitro benzene ring substituents is 1. The van der Waals surface area contributed by atoms with Gasteiger partial charge < -0.3 is 4.57 Å². The van der Waals surface area contributed by atoms with E-state index < -0.39 is 14.9 Å². The Morgan fingerprint density at radius 1 is 1.17 bits per heavy atom. The molecular formula is C15H14N4O4S. The maximum absolute atomic E-state index is 12.5. The van der Waals surface area contributed by atoms with Crippen LogP contribution in [0.25, 0.3) is 11.0 Å². The molecule has 0 bridgehead atoms. The van der Waals surface area contributed by atoms with Crippen LogP contribution >= 0.6 is 0 Å². The van der Waals surface area contributed by atoms with Crippen molar-refractivity contribution >= 4 is 32.4 Å². The number of imidazole rings is 1. The molecule has 0 atom stereocenters. The molecule has 2 aromatic carbocycles. The van der Waals surface area contributed by atoms with Crippen molar-refractivity contribution in [2.45, 2.75) is 11.8 Å². The molecule has 0 unspecified atom stereocenters. The van der Waals surface area contributed by atoms with E-state index in [9.17, 15) is 18.5 Å². The predicted octanol–water partition coefficient (Wildman–Crippen LogP) is 2.59. The maximum atomic E-state index is 12.5. The smallest absolute Gasteiger partial charge is 0.320 e. The molecule has 1 heterocycles. The molecule has 0 aliphatic rings. The summed E-state index contributed by atoms with van der Waals surface area (Å²) in [6.45, 7) is 1.84. The molecule has 0 amide bonds. The summed E-state index contributed by atoms with van der Waals surface area (Å²) in [5, 5.41) is 11.4. The second kappa shape index (κ2) is 5.60. The Morgan fingerprint density at radius 2 is 1.83 bits per heavy atom. The number of nitrogens with zero attached hydrogens (tertiary/aromatic N) is 3. The number of fused-ring (bicyclic) bond motifs is 1. The van der Waals surface area contributed by atoms with Crippen molar-refractivity contribution in [2.75, 3.05) is 4.72 Å². The van der Waals surface area contributed by atoms with Crippen molar-refractivity contribution in [1.29, 1.82) is 0 Å². The third-order valence-electron chi connectivity index (χ3n) is 3.63. The summed E-state index contributed by atoms with van der Waals surface area (Å²) in [5.74, 6) is 0. The van der Waals surface area contributed by atoms with Crippen LogP contribution in [0, 0.1) is 17.0 Å². The molecule has 1 aromatic heterocycles. The largest absolute Gasteiger partial charge is 0.334 e. The number of benzene rings is 2. The van der Waals surface area contributed by atoms with Crippen molar-refractivity contribution in [2.24, 2.45) is 7.05 Å². The van der Waals surface area contributed by atoms with Gasteiger partial charge in [-0.15, -0.1) is 0 Å². The van der Waals surface area contributed by atoms with Crippen molar-refractivity contribution < 1.29 is 13.3 Å². The molecule has 24 heavy (non-hydrogen) atoms. The van der Waals surface area contributed by atoms with Gasteiger partial charge in [-0.3, -0.25) is 14.8 Å². The minimum absolute atomic E-state index is 0.0310. The molecule has 0 saturated carbocycles. The number of aromatic nitrogens is 2. The minimum Gasteiger partial charge on any atom is -0.334 e. The molecular weight excluding hydrogens is 332 g/mol. The third kappa shape index (κ3) is 2.69. The van der Waals surface area contributed by atoms with Crippen LogP contribution in [0.4, 0.5) is 11.4 Å². The summed E-state index contributed by atoms with van der Waals surface area (Å²) in [6, 6.07) is 9.16. The Balaban J connectivity index is 2.11. The van der Waals surface area contributed by atoms with E-state index in [0.29, 0.717) is 5.52 Å². The number of hydrogen-bond donors (Lipinski definition) is 1. The lowest BCUT2D eigenvalue weighted by molar-refractivity contribution is -0.382. The zero-order chi connectivity index (χ0) is 17.5. The second-order valence-electron chi connectivity index (χ2n) is 5.36. The van der Waals surface area contributed by atoms with Crippen LogP contribution < -0.4 is 4.72 Å². The molecule has 0 fully saturated rings. The van der Waals surface area contributed by atoms with Gasteiger partial charge in [-0.2, -0.15) is 0 Å². The highest BCUT2D eigenvalue weighted by atomic mass is 32.2. The highest BCUT2D eigenvalue weighted by molar-refractivity contribution is 7.92. The van der Waals surface area contributed by atoms with Crippen LogP contribution in [-0.2, 0) is 17.1 Å². The van der Waals surface area contributed by atoms with Crippen LogP contribution in [-0.4, -0.2) is 22.9 Å². The fraction of sp³-hybridized carbons (Fsp3) is 0.133. The molecule has 0 aliphatic carbocycles. The van der Waals surface area contributed by atoms with E-state index >= 15 is 0 Å². The number of sulfonamides is 1. The van der Waals surface area contributed by atoms with Crippen molar-refractivity contribution in [1.82, 2.24) is 9.55 Å². The van der Waals surface area contributed by atoms with E-state index in [0.717, 1.165) is 5.56 Å². The van der Waals surface area contributed by atoms with Crippen LogP contribution in [0.15, 0.2) is 47.6 Å². The highest BCUT2D eigenvalue weighted by Crippen LogP contribution is 2.33. The molecule has 124 valence electrons. The number of anilines is 1. The molecule has 3 rings (SSSR count). The minimum atomic E-state index is -3.94. The summed E-state index contributed by atoms with van der Waals surface area (Å²) in [5.41, 5.74) is 1.09. The molecule has 9 heteroatoms. The lowest BCUT2D eigenvalue weighted by atomic mass is 10.2. The molecule has 0 saturated heterocycles. The Labute approximate surface area is 138 Å². The van der Waals surface area contributed by atoms with Gasteiger partial charge in [0.25, 0.3) is 10.0 Å². The topological polar surface area (TPSA) is 107 Å². The summed E-state index contributed by atoms with van der Waals surface area (Å²) in [7, 11) is -2.23. The Hall–Kier alpha value is -2.94. The van der Waals surface area contributed by atoms with Crippen LogP contribution in [0.5, 0.6) is 0 Å². The lowest BCUT2D eigenvalue weighted by Crippen LogP contribution is -2.14. The average Bonchev–Trinajstić information content (AvgIpc) is 2.88. The maximum Gasteiger partial charge on any atom is 0.320 e. The molecule has 8 nitrogen and oxygen atoms in total. The first-order chi connectivity index (χ1) is 11.3. The molecule has 0 aliphatic heterocycles. The Bertz CT molecular complexity index is 1040. The van der Waals surface area contributed by atoms with Gasteiger partial charge in [0.05, 0.1) is 21.7 Å². The summed E-state index contributed by atoms with van der Waals surface area (Å²) >= 11 is 0. The number of rotatable bonds is 4. The third-order valence-corrected chi connectivity index (χ3v) is 5.01. The zero-order valence-corrected chi connectivity index (χ0v) is 13.7. The summed E-state index contributed by atoms with van der Waals surface area (Å²) < 4.78 is 28.9. The highest BCUT2D eigenvalue weighted by Gasteiger charge is 2.25. The van der Waals surface area contributed by atoms with Crippen molar-refractivity contribution in [3.05, 3.63) is 58.4 Å². The standard InChI is InChI=1S/C15H14N4O4S/c1-10-3-5-11(6-4-10)24(22,23)17-12-7-8-13-14(15(12)19(20)21)16-9-18(13)2/h3-9,17H,1-2H3. The van der Waals surface area contributed by atoms with E-state index in [1.807, 2.05) is 6.92 Å². The monoisotopic (exact) mass is 346 g/mol. The summed E-state index contributed by atoms with van der Waals surface area (Å²) in [6.07, 6.45) is 1.44. The first-order valence-corrected chi connectivity index (χ1v) is 8.46. The van der Waals surface area contributed by atoms with E-state index in [1.54, 1.807) is 29.8 Å². The van der Waals surface area contributed by atoms with Crippen LogP contribution in [0.2, 0.25) is 0 Å². The quantitative estimate of drug-likeness (QED) is 0.577. The van der Waals surface area contributed by atoms with Crippen molar-refractivity contribution in [3.8, 4) is 0 Å². The number of nitrogens with one attached hydrogen (secondary N) is 1. The van der Waals surface area contributed by atoms with Gasteiger partial charge in [-0.05, 0) is 31.2 Å². The first-order valence-electron chi connectivity index (χ1n) is 6.97. The molecule has 0 radical (unpaired) electrons. The van der Waals surface area contributed by atoms with Crippen molar-refractivity contribution in [3.63, 3.8) is 0 Å². The second-order valence-corrected chi connectivity index (χ2v) is 7.04. The predicted molar refractivity (Wildman–Crippen MR) is 89.4 cm³/mol. The number of aryl methyl sites for hydroxylation is 2. The van der Waals surface area contributed by atoms with Gasteiger partial charge in [0, 0.05) is 7.05 Å². The van der Waals surface area contributed by atoms with E-state index in [-0.39, 0.29) is 21.8 Å². The summed E-state index contributed by atoms with van der Waals surface area (Å²) in [4.78, 5) is 14.8. The van der Waals surface area contributed by atoms with Gasteiger partial charge in [-0.25, -0.2) is 13.4 Å². The molecule has 0 spiro atoms. The first kappa shape index (κ1) is 15.9. The SMILES string of the molecule is Cc1ccc(S(=O)(=O)Nc2ccc3c(ncn3C)c2[N+](=O)[O-])cc1. The van der Waals surface area contributed by atoms with Crippen LogP contribution in [0.3, 0.4) is 0 Å². The van der Waals surface area contributed by atoms with Gasteiger partial charge in [-0.1, -0.05) is 17.7 Å².